The average molecular weight is 492 g/mol. The molecule has 2 aromatic rings. The van der Waals surface area contributed by atoms with Gasteiger partial charge in [0, 0.05) is 57.7 Å². The molecule has 1 N–H and O–H groups in total. The maximum absolute atomic E-state index is 4.59. The van der Waals surface area contributed by atoms with Crippen molar-refractivity contribution in [3.05, 3.63) is 28.2 Å². The molecule has 3 rings (SSSR count). The predicted octanol–water partition coefficient (Wildman–Crippen LogP) is 2.72. The van der Waals surface area contributed by atoms with E-state index >= 15 is 0 Å². The van der Waals surface area contributed by atoms with Crippen LogP contribution in [0.25, 0.3) is 0 Å². The molecule has 2 aromatic heterocycles. The number of hydrogen-bond donors (Lipinski definition) is 1. The molecule has 0 spiro atoms. The summed E-state index contributed by atoms with van der Waals surface area (Å²) in [5.74, 6) is 1.94. The third kappa shape index (κ3) is 5.52. The van der Waals surface area contributed by atoms with Crippen LogP contribution in [0.5, 0.6) is 0 Å². The van der Waals surface area contributed by atoms with Gasteiger partial charge >= 0.3 is 0 Å². The minimum Gasteiger partial charge on any atom is -0.356 e. The maximum atomic E-state index is 4.59. The Hall–Kier alpha value is -0.940. The number of nitrogens with one attached hydrogen (secondary N) is 1. The molecular weight excluding hydrogens is 467 g/mol. The van der Waals surface area contributed by atoms with Crippen LogP contribution < -0.4 is 10.2 Å². The number of nitrogens with zero attached hydrogens (tertiary/aromatic N) is 5. The third-order valence-electron chi connectivity index (χ3n) is 4.11. The van der Waals surface area contributed by atoms with Gasteiger partial charge in [-0.05, 0) is 28.8 Å². The van der Waals surface area contributed by atoms with E-state index in [0.717, 1.165) is 62.5 Å². The van der Waals surface area contributed by atoms with Crippen LogP contribution in [0.4, 0.5) is 5.13 Å². The highest BCUT2D eigenvalue weighted by atomic mass is 127. The first kappa shape index (κ1) is 20.4. The topological polar surface area (TPSA) is 56.7 Å². The normalized spacial score (nSPS) is 15.2. The van der Waals surface area contributed by atoms with Crippen molar-refractivity contribution in [2.45, 2.75) is 19.8 Å². The van der Waals surface area contributed by atoms with E-state index in [0.29, 0.717) is 0 Å². The van der Waals surface area contributed by atoms with Gasteiger partial charge in [-0.2, -0.15) is 15.7 Å². The van der Waals surface area contributed by atoms with Crippen LogP contribution in [0, 0.1) is 0 Å². The lowest BCUT2D eigenvalue weighted by molar-refractivity contribution is 0.372. The minimum atomic E-state index is 0. The molecule has 0 unspecified atom stereocenters. The number of hydrogen-bond acceptors (Lipinski definition) is 6. The molecule has 1 saturated heterocycles. The molecule has 0 saturated carbocycles. The minimum absolute atomic E-state index is 0. The van der Waals surface area contributed by atoms with Crippen LogP contribution in [-0.2, 0) is 12.8 Å². The van der Waals surface area contributed by atoms with Crippen LogP contribution in [0.15, 0.2) is 21.8 Å². The van der Waals surface area contributed by atoms with Gasteiger partial charge in [-0.3, -0.25) is 4.99 Å². The van der Waals surface area contributed by atoms with Crippen molar-refractivity contribution >= 4 is 57.9 Å². The maximum Gasteiger partial charge on any atom is 0.205 e. The Morgan fingerprint density at radius 1 is 1.32 bits per heavy atom. The first-order valence-corrected chi connectivity index (χ1v) is 10.1. The Kier molecular flexibility index (Phi) is 8.37. The number of thiophene rings is 1. The number of guanidine groups is 1. The molecule has 1 aliphatic rings. The van der Waals surface area contributed by atoms with Gasteiger partial charge in [-0.1, -0.05) is 6.92 Å². The van der Waals surface area contributed by atoms with Crippen LogP contribution in [-0.4, -0.2) is 60.0 Å². The summed E-state index contributed by atoms with van der Waals surface area (Å²) < 4.78 is 4.39. The van der Waals surface area contributed by atoms with Crippen molar-refractivity contribution in [1.29, 1.82) is 0 Å². The van der Waals surface area contributed by atoms with Gasteiger partial charge in [-0.15, -0.1) is 24.0 Å². The molecule has 1 aliphatic heterocycles. The second-order valence-corrected chi connectivity index (χ2v) is 7.19. The fourth-order valence-electron chi connectivity index (χ4n) is 2.71. The van der Waals surface area contributed by atoms with E-state index in [9.17, 15) is 0 Å². The molecule has 0 atom stereocenters. The number of rotatable bonds is 5. The smallest absolute Gasteiger partial charge is 0.205 e. The summed E-state index contributed by atoms with van der Waals surface area (Å²) in [6.45, 7) is 6.85. The van der Waals surface area contributed by atoms with Crippen molar-refractivity contribution < 1.29 is 0 Å². The molecule has 1 fully saturated rings. The van der Waals surface area contributed by atoms with Crippen molar-refractivity contribution in [2.24, 2.45) is 4.99 Å². The van der Waals surface area contributed by atoms with Gasteiger partial charge in [0.15, 0.2) is 5.96 Å². The molecule has 0 radical (unpaired) electrons. The summed E-state index contributed by atoms with van der Waals surface area (Å²) in [6, 6.07) is 2.18. The van der Waals surface area contributed by atoms with E-state index in [1.165, 1.54) is 17.1 Å². The van der Waals surface area contributed by atoms with Crippen LogP contribution in [0.1, 0.15) is 18.3 Å². The predicted molar refractivity (Wildman–Crippen MR) is 118 cm³/mol. The Morgan fingerprint density at radius 2 is 2.12 bits per heavy atom. The second kappa shape index (κ2) is 10.3. The number of anilines is 1. The Labute approximate surface area is 174 Å². The van der Waals surface area contributed by atoms with Gasteiger partial charge in [0.05, 0.1) is 0 Å². The number of halogens is 1. The first-order chi connectivity index (χ1) is 11.8. The molecule has 25 heavy (non-hydrogen) atoms. The van der Waals surface area contributed by atoms with Crippen molar-refractivity contribution in [3.63, 3.8) is 0 Å². The molecular formula is C16H25IN6S2. The van der Waals surface area contributed by atoms with E-state index in [2.05, 4.69) is 53.2 Å². The summed E-state index contributed by atoms with van der Waals surface area (Å²) in [5.41, 5.74) is 1.38. The van der Waals surface area contributed by atoms with E-state index in [-0.39, 0.29) is 24.0 Å². The van der Waals surface area contributed by atoms with Crippen molar-refractivity contribution in [2.75, 3.05) is 44.7 Å². The number of aliphatic imine (C=N–C) groups is 1. The Morgan fingerprint density at radius 3 is 2.72 bits per heavy atom. The molecule has 138 valence electrons. The quantitative estimate of drug-likeness (QED) is 0.395. The molecule has 3 heterocycles. The zero-order valence-electron chi connectivity index (χ0n) is 14.6. The standard InChI is InChI=1S/C16H24N6S2.HI/c1-3-14-19-16(24-20-14)22-9-7-21(8-10-22)15(17-2)18-6-4-13-5-11-23-12-13;/h5,11-12H,3-4,6-10H2,1-2H3,(H,17,18);1H. The first-order valence-electron chi connectivity index (χ1n) is 8.34. The van der Waals surface area contributed by atoms with Crippen LogP contribution in [0.2, 0.25) is 0 Å². The van der Waals surface area contributed by atoms with Gasteiger partial charge in [0.1, 0.15) is 5.82 Å². The molecule has 0 aliphatic carbocycles. The van der Waals surface area contributed by atoms with Crippen molar-refractivity contribution in [3.8, 4) is 0 Å². The van der Waals surface area contributed by atoms with E-state index in [1.807, 2.05) is 7.05 Å². The molecule has 0 aromatic carbocycles. The van der Waals surface area contributed by atoms with Crippen molar-refractivity contribution in [1.82, 2.24) is 19.6 Å². The average Bonchev–Trinajstić information content (AvgIpc) is 3.30. The van der Waals surface area contributed by atoms with E-state index in [4.69, 9.17) is 0 Å². The number of aromatic nitrogens is 2. The highest BCUT2D eigenvalue weighted by Crippen LogP contribution is 2.19. The summed E-state index contributed by atoms with van der Waals surface area (Å²) >= 11 is 3.26. The second-order valence-electron chi connectivity index (χ2n) is 5.68. The van der Waals surface area contributed by atoms with E-state index < -0.39 is 0 Å². The SMILES string of the molecule is CCc1nsc(N2CCN(C(=NC)NCCc3ccsc3)CC2)n1.I. The molecule has 0 amide bonds. The molecule has 6 nitrogen and oxygen atoms in total. The monoisotopic (exact) mass is 492 g/mol. The number of piperazine rings is 1. The lowest BCUT2D eigenvalue weighted by atomic mass is 10.2. The highest BCUT2D eigenvalue weighted by molar-refractivity contribution is 14.0. The van der Waals surface area contributed by atoms with Crippen LogP contribution in [0.3, 0.4) is 0 Å². The Balaban J connectivity index is 0.00000225. The zero-order valence-corrected chi connectivity index (χ0v) is 18.6. The fourth-order valence-corrected chi connectivity index (χ4v) is 4.22. The highest BCUT2D eigenvalue weighted by Gasteiger charge is 2.21. The van der Waals surface area contributed by atoms with Gasteiger partial charge < -0.3 is 15.1 Å². The van der Waals surface area contributed by atoms with Gasteiger partial charge in [-0.25, -0.2) is 4.98 Å². The summed E-state index contributed by atoms with van der Waals surface area (Å²) in [5, 5.41) is 8.86. The van der Waals surface area contributed by atoms with Crippen LogP contribution >= 0.6 is 46.8 Å². The largest absolute Gasteiger partial charge is 0.356 e. The summed E-state index contributed by atoms with van der Waals surface area (Å²) in [7, 11) is 1.86. The van der Waals surface area contributed by atoms with Gasteiger partial charge in [0.25, 0.3) is 0 Å². The number of aryl methyl sites for hydroxylation is 1. The fraction of sp³-hybridized carbons (Fsp3) is 0.562. The zero-order chi connectivity index (χ0) is 16.8. The summed E-state index contributed by atoms with van der Waals surface area (Å²) in [4.78, 5) is 13.7. The van der Waals surface area contributed by atoms with E-state index in [1.54, 1.807) is 11.3 Å². The summed E-state index contributed by atoms with van der Waals surface area (Å²) in [6.07, 6.45) is 1.93. The lowest BCUT2D eigenvalue weighted by Crippen LogP contribution is -2.52. The molecule has 9 heteroatoms. The molecule has 0 bridgehead atoms. The third-order valence-corrected chi connectivity index (χ3v) is 5.66. The Bertz CT molecular complexity index is 649. The lowest BCUT2D eigenvalue weighted by Gasteiger charge is -2.36. The van der Waals surface area contributed by atoms with Gasteiger partial charge in [0.2, 0.25) is 5.13 Å².